The topological polar surface area (TPSA) is 126 Å². The first-order valence-corrected chi connectivity index (χ1v) is 17.8. The van der Waals surface area contributed by atoms with Gasteiger partial charge in [-0.3, -0.25) is 9.69 Å². The average Bonchev–Trinajstić information content (AvgIpc) is 3.52. The summed E-state index contributed by atoms with van der Waals surface area (Å²) < 4.78 is 41.5. The molecule has 0 saturated carbocycles. The summed E-state index contributed by atoms with van der Waals surface area (Å²) in [6.45, 7) is 5.55. The van der Waals surface area contributed by atoms with Crippen molar-refractivity contribution in [2.45, 2.75) is 63.0 Å². The third kappa shape index (κ3) is 7.65. The van der Waals surface area contributed by atoms with E-state index in [0.717, 1.165) is 43.2 Å². The van der Waals surface area contributed by atoms with Crippen molar-refractivity contribution in [2.24, 2.45) is 0 Å². The Bertz CT molecular complexity index is 1470. The van der Waals surface area contributed by atoms with Gasteiger partial charge in [0.05, 0.1) is 23.5 Å². The number of nitrogens with one attached hydrogen (secondary N) is 3. The zero-order valence-electron chi connectivity index (χ0n) is 26.0. The summed E-state index contributed by atoms with van der Waals surface area (Å²) in [5, 5.41) is 13.1. The quantitative estimate of drug-likeness (QED) is 0.330. The molecule has 5 heterocycles. The van der Waals surface area contributed by atoms with Crippen LogP contribution in [-0.2, 0) is 23.9 Å². The van der Waals surface area contributed by atoms with Gasteiger partial charge in [-0.05, 0) is 77.8 Å². The van der Waals surface area contributed by atoms with E-state index in [0.29, 0.717) is 64.7 Å². The third-order valence-corrected chi connectivity index (χ3v) is 11.2. The summed E-state index contributed by atoms with van der Waals surface area (Å²) in [6.07, 6.45) is -1.58. The normalized spacial score (nSPS) is 20.9. The minimum absolute atomic E-state index is 0.0475. The van der Waals surface area contributed by atoms with Gasteiger partial charge in [-0.1, -0.05) is 0 Å². The number of nitrogens with two attached hydrogens (primary N) is 1. The predicted molar refractivity (Wildman–Crippen MR) is 177 cm³/mol. The average molecular weight is 742 g/mol. The first-order chi connectivity index (χ1) is 22.5. The maximum Gasteiger partial charge on any atom is 0.418 e. The first-order valence-electron chi connectivity index (χ1n) is 16.0. The summed E-state index contributed by atoms with van der Waals surface area (Å²) in [5.41, 5.74) is 6.45. The molecule has 3 fully saturated rings. The number of nitrogen functional groups attached to an aromatic ring is 1. The molecule has 0 bridgehead atoms. The molecule has 5 N–H and O–H groups in total. The fraction of sp³-hybridized carbons (Fsp3) is 0.581. The van der Waals surface area contributed by atoms with Crippen LogP contribution in [0.1, 0.15) is 42.4 Å². The van der Waals surface area contributed by atoms with Crippen molar-refractivity contribution in [1.82, 2.24) is 30.2 Å². The number of thiophene rings is 1. The van der Waals surface area contributed by atoms with E-state index in [-0.39, 0.29) is 34.4 Å². The van der Waals surface area contributed by atoms with Crippen molar-refractivity contribution in [3.63, 3.8) is 0 Å². The fourth-order valence-electron chi connectivity index (χ4n) is 7.08. The standard InChI is InChI=1S/C31H40BrF3N8O3S/c32-24-14-19(13-23(27(24)36)31(33,34)35)15-25(28(44)41-11-9-40(10-12-41)21-1-5-37-6-2-21)38-29(45)42-7-3-22(4-8-42)43-16-20-17-47-18-26(20)39-30(43)46/h13-14,17-18,21-22,25,37H,1-12,15-16,36H2,(H,38,45)(H,39,46)/t25-/m1/s1. The molecule has 1 aromatic heterocycles. The Morgan fingerprint density at radius 3 is 2.38 bits per heavy atom. The molecule has 0 aliphatic carbocycles. The number of carbonyl (C=O) groups excluding carboxylic acids is 3. The van der Waals surface area contributed by atoms with Crippen molar-refractivity contribution in [1.29, 1.82) is 0 Å². The van der Waals surface area contributed by atoms with Crippen molar-refractivity contribution in [3.05, 3.63) is 44.1 Å². The molecule has 11 nitrogen and oxygen atoms in total. The number of rotatable bonds is 6. The summed E-state index contributed by atoms with van der Waals surface area (Å²) in [4.78, 5) is 47.8. The lowest BCUT2D eigenvalue weighted by Crippen LogP contribution is -2.59. The number of benzene rings is 1. The molecule has 1 atom stereocenters. The third-order valence-electron chi connectivity index (χ3n) is 9.76. The van der Waals surface area contributed by atoms with Gasteiger partial charge in [0, 0.05) is 73.2 Å². The van der Waals surface area contributed by atoms with Crippen LogP contribution in [0.5, 0.6) is 0 Å². The molecule has 5 amide bonds. The second kappa shape index (κ2) is 14.2. The van der Waals surface area contributed by atoms with E-state index >= 15 is 0 Å². The van der Waals surface area contributed by atoms with Crippen molar-refractivity contribution < 1.29 is 27.6 Å². The van der Waals surface area contributed by atoms with Crippen LogP contribution in [0.3, 0.4) is 0 Å². The van der Waals surface area contributed by atoms with E-state index in [1.54, 1.807) is 14.7 Å². The molecule has 0 spiro atoms. The number of hydrogen-bond donors (Lipinski definition) is 4. The van der Waals surface area contributed by atoms with Gasteiger partial charge in [-0.25, -0.2) is 9.59 Å². The molecule has 1 aromatic carbocycles. The Kier molecular flexibility index (Phi) is 10.2. The van der Waals surface area contributed by atoms with E-state index in [9.17, 15) is 27.6 Å². The van der Waals surface area contributed by atoms with Gasteiger partial charge < -0.3 is 36.4 Å². The minimum Gasteiger partial charge on any atom is -0.397 e. The van der Waals surface area contributed by atoms with Crippen LogP contribution in [0.25, 0.3) is 0 Å². The van der Waals surface area contributed by atoms with Crippen LogP contribution >= 0.6 is 27.3 Å². The Balaban J connectivity index is 1.13. The Morgan fingerprint density at radius 2 is 1.70 bits per heavy atom. The number of halogens is 4. The van der Waals surface area contributed by atoms with E-state index in [1.807, 2.05) is 10.8 Å². The number of anilines is 2. The zero-order valence-corrected chi connectivity index (χ0v) is 28.4. The molecule has 4 aliphatic rings. The van der Waals surface area contributed by atoms with Gasteiger partial charge in [0.2, 0.25) is 5.91 Å². The number of fused-ring (bicyclic) bond motifs is 1. The van der Waals surface area contributed by atoms with Gasteiger partial charge >= 0.3 is 18.2 Å². The first kappa shape index (κ1) is 33.8. The lowest BCUT2D eigenvalue weighted by molar-refractivity contribution is -0.137. The molecule has 3 saturated heterocycles. The van der Waals surface area contributed by atoms with Gasteiger partial charge in [0.15, 0.2) is 0 Å². The molecule has 16 heteroatoms. The molecule has 6 rings (SSSR count). The summed E-state index contributed by atoms with van der Waals surface area (Å²) in [7, 11) is 0. The number of piperazine rings is 1. The number of alkyl halides is 3. The Morgan fingerprint density at radius 1 is 1.00 bits per heavy atom. The van der Waals surface area contributed by atoms with Gasteiger partial charge in [-0.15, -0.1) is 11.3 Å². The molecule has 0 radical (unpaired) electrons. The maximum atomic E-state index is 14.0. The van der Waals surface area contributed by atoms with E-state index < -0.39 is 29.5 Å². The number of piperidine rings is 2. The van der Waals surface area contributed by atoms with Crippen LogP contribution < -0.4 is 21.7 Å². The van der Waals surface area contributed by atoms with Crippen LogP contribution in [0.4, 0.5) is 34.1 Å². The van der Waals surface area contributed by atoms with E-state index in [2.05, 4.69) is 36.8 Å². The molecule has 0 unspecified atom stereocenters. The van der Waals surface area contributed by atoms with Crippen molar-refractivity contribution in [2.75, 3.05) is 63.4 Å². The maximum absolute atomic E-state index is 14.0. The number of urea groups is 2. The van der Waals surface area contributed by atoms with Crippen molar-refractivity contribution in [3.8, 4) is 0 Å². The van der Waals surface area contributed by atoms with E-state index in [1.165, 1.54) is 17.4 Å². The largest absolute Gasteiger partial charge is 0.418 e. The van der Waals surface area contributed by atoms with Gasteiger partial charge in [-0.2, -0.15) is 13.2 Å². The van der Waals surface area contributed by atoms with Crippen LogP contribution in [0.15, 0.2) is 27.4 Å². The lowest BCUT2D eigenvalue weighted by Gasteiger charge is -2.42. The number of carbonyl (C=O) groups is 3. The second-order valence-corrected chi connectivity index (χ2v) is 14.3. The highest BCUT2D eigenvalue weighted by Crippen LogP contribution is 2.38. The van der Waals surface area contributed by atoms with Gasteiger partial charge in [0.1, 0.15) is 6.04 Å². The zero-order chi connectivity index (χ0) is 33.3. The van der Waals surface area contributed by atoms with Gasteiger partial charge in [0.25, 0.3) is 0 Å². The molecule has 4 aliphatic heterocycles. The molecular formula is C31H40BrF3N8O3S. The Hall–Kier alpha value is -3.08. The smallest absolute Gasteiger partial charge is 0.397 e. The van der Waals surface area contributed by atoms with Crippen LogP contribution in [0.2, 0.25) is 0 Å². The monoisotopic (exact) mass is 740 g/mol. The fourth-order valence-corrected chi connectivity index (χ4v) is 8.36. The number of likely N-dealkylation sites (tertiary alicyclic amines) is 1. The number of hydrogen-bond acceptors (Lipinski definition) is 7. The van der Waals surface area contributed by atoms with Crippen LogP contribution in [0, 0.1) is 0 Å². The second-order valence-electron chi connectivity index (χ2n) is 12.7. The molecular weight excluding hydrogens is 701 g/mol. The Labute approximate surface area is 284 Å². The van der Waals surface area contributed by atoms with E-state index in [4.69, 9.17) is 5.73 Å². The lowest BCUT2D eigenvalue weighted by atomic mass is 10.00. The molecule has 256 valence electrons. The number of nitrogens with zero attached hydrogens (tertiary/aromatic N) is 4. The predicted octanol–water partition coefficient (Wildman–Crippen LogP) is 4.14. The molecule has 47 heavy (non-hydrogen) atoms. The summed E-state index contributed by atoms with van der Waals surface area (Å²) in [6, 6.07) is 1.15. The SMILES string of the molecule is Nc1c(Br)cc(C[C@@H](NC(=O)N2CCC(N3Cc4cscc4NC3=O)CC2)C(=O)N2CCN(C3CCNCC3)CC2)cc1C(F)(F)F. The highest BCUT2D eigenvalue weighted by atomic mass is 79.9. The number of amides is 5. The highest BCUT2D eigenvalue weighted by Gasteiger charge is 2.37. The minimum atomic E-state index is -4.68. The molecule has 2 aromatic rings. The van der Waals surface area contributed by atoms with Crippen molar-refractivity contribution >= 4 is 56.6 Å². The summed E-state index contributed by atoms with van der Waals surface area (Å²) in [5.74, 6) is -0.323. The van der Waals surface area contributed by atoms with Crippen LogP contribution in [-0.4, -0.2) is 108 Å². The summed E-state index contributed by atoms with van der Waals surface area (Å²) >= 11 is 4.68. The highest BCUT2D eigenvalue weighted by molar-refractivity contribution is 9.10.